The molecular weight excluding hydrogens is 440 g/mol. The molecule has 1 fully saturated rings. The van der Waals surface area contributed by atoms with Crippen LogP contribution >= 0.6 is 0 Å². The highest BCUT2D eigenvalue weighted by atomic mass is 32.2. The summed E-state index contributed by atoms with van der Waals surface area (Å²) in [6, 6.07) is 8.99. The Morgan fingerprint density at radius 3 is 2.50 bits per heavy atom. The Hall–Kier alpha value is -3.22. The van der Waals surface area contributed by atoms with Crippen LogP contribution < -0.4 is 14.8 Å². The van der Waals surface area contributed by atoms with E-state index < -0.39 is 14.9 Å². The Morgan fingerprint density at radius 1 is 1.19 bits per heavy atom. The van der Waals surface area contributed by atoms with Crippen LogP contribution in [0.25, 0.3) is 0 Å². The van der Waals surface area contributed by atoms with Crippen LogP contribution in [0.1, 0.15) is 10.4 Å². The first-order valence-electron chi connectivity index (χ1n) is 9.84. The number of hydrogen-bond donors (Lipinski definition) is 2. The van der Waals surface area contributed by atoms with Crippen LogP contribution in [0.4, 0.5) is 11.4 Å². The summed E-state index contributed by atoms with van der Waals surface area (Å²) in [6.07, 6.45) is 0. The van der Waals surface area contributed by atoms with Gasteiger partial charge >= 0.3 is 0 Å². The van der Waals surface area contributed by atoms with Crippen LogP contribution in [0.3, 0.4) is 0 Å². The van der Waals surface area contributed by atoms with Gasteiger partial charge in [-0.2, -0.15) is 0 Å². The number of nitrogens with zero attached hydrogens (tertiary/aromatic N) is 2. The fraction of sp³-hybridized carbons (Fsp3) is 0.350. The van der Waals surface area contributed by atoms with E-state index in [2.05, 4.69) is 14.9 Å². The molecule has 1 aliphatic rings. The first-order valence-corrected chi connectivity index (χ1v) is 11.3. The molecule has 1 saturated heterocycles. The van der Waals surface area contributed by atoms with E-state index in [4.69, 9.17) is 9.47 Å². The summed E-state index contributed by atoms with van der Waals surface area (Å²) in [7, 11) is -2.74. The predicted molar refractivity (Wildman–Crippen MR) is 116 cm³/mol. The molecule has 0 saturated carbocycles. The highest BCUT2D eigenvalue weighted by Crippen LogP contribution is 2.30. The Morgan fingerprint density at radius 2 is 1.88 bits per heavy atom. The van der Waals surface area contributed by atoms with E-state index in [9.17, 15) is 23.3 Å². The zero-order valence-electron chi connectivity index (χ0n) is 17.4. The molecule has 2 aromatic carbocycles. The van der Waals surface area contributed by atoms with Gasteiger partial charge in [0, 0.05) is 43.9 Å². The van der Waals surface area contributed by atoms with Crippen molar-refractivity contribution in [1.82, 2.24) is 10.2 Å². The Balaban J connectivity index is 1.65. The Labute approximate surface area is 185 Å². The molecule has 0 radical (unpaired) electrons. The fourth-order valence-electron chi connectivity index (χ4n) is 3.13. The summed E-state index contributed by atoms with van der Waals surface area (Å²) in [5.74, 6) is -0.175. The third-order valence-corrected chi connectivity index (χ3v) is 6.26. The lowest BCUT2D eigenvalue weighted by Crippen LogP contribution is -2.41. The molecule has 3 rings (SSSR count). The summed E-state index contributed by atoms with van der Waals surface area (Å²) in [4.78, 5) is 24.8. The molecular formula is C20H24N4O7S. The van der Waals surface area contributed by atoms with E-state index in [0.717, 1.165) is 19.2 Å². The standard InChI is InChI=1S/C20H24N4O7S/c1-30-19-7-4-16(24(26)27)14-18(19)22-32(28,29)17-5-2-15(3-6-17)20(25)21-8-9-23-10-12-31-13-11-23/h2-7,14,22H,8-13H2,1H3,(H,21,25). The molecule has 1 amide bonds. The van der Waals surface area contributed by atoms with Crippen LogP contribution in [0, 0.1) is 10.1 Å². The highest BCUT2D eigenvalue weighted by molar-refractivity contribution is 7.92. The number of nitro groups is 1. The van der Waals surface area contributed by atoms with Crippen molar-refractivity contribution in [1.29, 1.82) is 0 Å². The number of methoxy groups -OCH3 is 1. The van der Waals surface area contributed by atoms with E-state index in [1.54, 1.807) is 0 Å². The van der Waals surface area contributed by atoms with Crippen LogP contribution in [0.15, 0.2) is 47.4 Å². The topological polar surface area (TPSA) is 140 Å². The molecule has 1 heterocycles. The number of nitro benzene ring substituents is 1. The number of anilines is 1. The molecule has 0 unspecified atom stereocenters. The van der Waals surface area contributed by atoms with E-state index >= 15 is 0 Å². The molecule has 0 spiro atoms. The number of hydrogen-bond acceptors (Lipinski definition) is 8. The lowest BCUT2D eigenvalue weighted by atomic mass is 10.2. The number of benzene rings is 2. The number of ether oxygens (including phenoxy) is 2. The van der Waals surface area contributed by atoms with Gasteiger partial charge in [0.2, 0.25) is 0 Å². The third kappa shape index (κ3) is 5.93. The summed E-state index contributed by atoms with van der Waals surface area (Å²) < 4.78 is 38.1. The summed E-state index contributed by atoms with van der Waals surface area (Å²) >= 11 is 0. The number of sulfonamides is 1. The molecule has 0 aromatic heterocycles. The number of amides is 1. The normalized spacial score (nSPS) is 14.5. The molecule has 0 bridgehead atoms. The summed E-state index contributed by atoms with van der Waals surface area (Å²) in [5.41, 5.74) is -0.0295. The summed E-state index contributed by atoms with van der Waals surface area (Å²) in [5, 5.41) is 13.8. The molecule has 0 aliphatic carbocycles. The van der Waals surface area contributed by atoms with Crippen molar-refractivity contribution in [2.24, 2.45) is 0 Å². The highest BCUT2D eigenvalue weighted by Gasteiger charge is 2.20. The zero-order valence-corrected chi connectivity index (χ0v) is 18.3. The third-order valence-electron chi connectivity index (χ3n) is 4.88. The van der Waals surface area contributed by atoms with Gasteiger partial charge in [0.15, 0.2) is 0 Å². The Bertz CT molecular complexity index is 1070. The molecule has 172 valence electrons. The van der Waals surface area contributed by atoms with Gasteiger partial charge in [-0.1, -0.05) is 0 Å². The number of rotatable bonds is 9. The van der Waals surface area contributed by atoms with Crippen LogP contribution in [-0.4, -0.2) is 70.7 Å². The van der Waals surface area contributed by atoms with Gasteiger partial charge in [0.25, 0.3) is 21.6 Å². The van der Waals surface area contributed by atoms with Gasteiger partial charge < -0.3 is 14.8 Å². The van der Waals surface area contributed by atoms with Crippen molar-refractivity contribution in [3.8, 4) is 5.75 Å². The number of carbonyl (C=O) groups is 1. The SMILES string of the molecule is COc1ccc([N+](=O)[O-])cc1NS(=O)(=O)c1ccc(C(=O)NCCN2CCOCC2)cc1. The second kappa shape index (κ2) is 10.4. The second-order valence-electron chi connectivity index (χ2n) is 6.98. The van der Waals surface area contributed by atoms with Gasteiger partial charge in [0.05, 0.1) is 35.8 Å². The zero-order chi connectivity index (χ0) is 23.1. The molecule has 2 N–H and O–H groups in total. The average Bonchev–Trinajstić information content (AvgIpc) is 2.79. The minimum atomic E-state index is -4.07. The first kappa shape index (κ1) is 23.4. The molecule has 12 heteroatoms. The van der Waals surface area contributed by atoms with Gasteiger partial charge in [0.1, 0.15) is 5.75 Å². The number of carbonyl (C=O) groups excluding carboxylic acids is 1. The predicted octanol–water partition coefficient (Wildman–Crippen LogP) is 1.47. The smallest absolute Gasteiger partial charge is 0.271 e. The Kier molecular flexibility index (Phi) is 7.62. The van der Waals surface area contributed by atoms with E-state index in [0.29, 0.717) is 31.9 Å². The van der Waals surface area contributed by atoms with Crippen molar-refractivity contribution < 1.29 is 27.6 Å². The second-order valence-corrected chi connectivity index (χ2v) is 8.66. The molecule has 11 nitrogen and oxygen atoms in total. The van der Waals surface area contributed by atoms with E-state index in [1.807, 2.05) is 0 Å². The molecule has 32 heavy (non-hydrogen) atoms. The van der Waals surface area contributed by atoms with Crippen LogP contribution in [0.2, 0.25) is 0 Å². The quantitative estimate of drug-likeness (QED) is 0.420. The van der Waals surface area contributed by atoms with Crippen molar-refractivity contribution in [3.63, 3.8) is 0 Å². The first-order chi connectivity index (χ1) is 15.3. The minimum absolute atomic E-state index is 0.0633. The minimum Gasteiger partial charge on any atom is -0.495 e. The van der Waals surface area contributed by atoms with Crippen molar-refractivity contribution in [2.75, 3.05) is 51.2 Å². The van der Waals surface area contributed by atoms with E-state index in [-0.39, 0.29) is 27.9 Å². The van der Waals surface area contributed by atoms with Crippen molar-refractivity contribution >= 4 is 27.3 Å². The number of morpholine rings is 1. The molecule has 1 aliphatic heterocycles. The van der Waals surface area contributed by atoms with Crippen molar-refractivity contribution in [3.05, 3.63) is 58.1 Å². The van der Waals surface area contributed by atoms with E-state index in [1.165, 1.54) is 43.5 Å². The maximum absolute atomic E-state index is 12.7. The monoisotopic (exact) mass is 464 g/mol. The largest absolute Gasteiger partial charge is 0.495 e. The maximum Gasteiger partial charge on any atom is 0.271 e. The number of nitrogens with one attached hydrogen (secondary N) is 2. The average molecular weight is 465 g/mol. The summed E-state index contributed by atoms with van der Waals surface area (Å²) in [6.45, 7) is 4.18. The lowest BCUT2D eigenvalue weighted by Gasteiger charge is -2.26. The fourth-order valence-corrected chi connectivity index (χ4v) is 4.19. The van der Waals surface area contributed by atoms with Crippen LogP contribution in [-0.2, 0) is 14.8 Å². The molecule has 2 aromatic rings. The van der Waals surface area contributed by atoms with Crippen molar-refractivity contribution in [2.45, 2.75) is 4.90 Å². The maximum atomic E-state index is 12.7. The molecule has 0 atom stereocenters. The van der Waals surface area contributed by atoms with Gasteiger partial charge in [-0.15, -0.1) is 0 Å². The van der Waals surface area contributed by atoms with Gasteiger partial charge in [-0.3, -0.25) is 24.5 Å². The lowest BCUT2D eigenvalue weighted by molar-refractivity contribution is -0.384. The van der Waals surface area contributed by atoms with Crippen LogP contribution in [0.5, 0.6) is 5.75 Å². The number of non-ortho nitro benzene ring substituents is 1. The van der Waals surface area contributed by atoms with Gasteiger partial charge in [-0.25, -0.2) is 8.42 Å². The van der Waals surface area contributed by atoms with Gasteiger partial charge in [-0.05, 0) is 30.3 Å².